The van der Waals surface area contributed by atoms with Gasteiger partial charge in [-0.05, 0) is 30.4 Å². The highest BCUT2D eigenvalue weighted by atomic mass is 31.1. The number of rotatable bonds is 2. The molecule has 2 aromatic rings. The molecule has 0 aliphatic carbocycles. The summed E-state index contributed by atoms with van der Waals surface area (Å²) in [5, 5.41) is 0.0421. The minimum absolute atomic E-state index is 0.0210. The molecule has 2 rings (SSSR count). The fraction of sp³-hybridized carbons (Fsp3) is 0.471. The Bertz CT molecular complexity index is 652. The number of hydrogen-bond donors (Lipinski definition) is 0. The van der Waals surface area contributed by atoms with Crippen LogP contribution < -0.4 is 5.57 Å². The van der Waals surface area contributed by atoms with Crippen molar-refractivity contribution in [1.82, 2.24) is 9.55 Å². The summed E-state index contributed by atoms with van der Waals surface area (Å²) in [5.74, 6) is -1.14. The Morgan fingerprint density at radius 2 is 1.59 bits per heavy atom. The van der Waals surface area contributed by atoms with Gasteiger partial charge in [0, 0.05) is 18.5 Å². The van der Waals surface area contributed by atoms with E-state index in [0.29, 0.717) is 5.69 Å². The van der Waals surface area contributed by atoms with E-state index in [4.69, 9.17) is 0 Å². The summed E-state index contributed by atoms with van der Waals surface area (Å²) in [6.45, 7) is 13.1. The minimum Gasteiger partial charge on any atom is -0.297 e. The molecular formula is C17H23F2N2P. The molecule has 0 saturated heterocycles. The van der Waals surface area contributed by atoms with Crippen LogP contribution in [0.4, 0.5) is 8.78 Å². The van der Waals surface area contributed by atoms with Crippen LogP contribution in [0, 0.1) is 11.6 Å². The van der Waals surface area contributed by atoms with Crippen LogP contribution >= 0.6 is 7.92 Å². The number of benzene rings is 1. The number of hydrogen-bond acceptors (Lipinski definition) is 1. The van der Waals surface area contributed by atoms with Gasteiger partial charge >= 0.3 is 0 Å². The largest absolute Gasteiger partial charge is 0.297 e. The zero-order valence-electron chi connectivity index (χ0n) is 14.0. The molecule has 0 amide bonds. The first-order chi connectivity index (χ1) is 10.0. The second-order valence-corrected chi connectivity index (χ2v) is 11.1. The number of imidazole rings is 1. The van der Waals surface area contributed by atoms with Crippen LogP contribution in [0.1, 0.15) is 41.5 Å². The molecule has 0 saturated carbocycles. The second-order valence-electron chi connectivity index (χ2n) is 7.37. The first-order valence-corrected chi connectivity index (χ1v) is 8.65. The van der Waals surface area contributed by atoms with E-state index < -0.39 is 19.6 Å². The maximum absolute atomic E-state index is 14.2. The van der Waals surface area contributed by atoms with Gasteiger partial charge in [0.1, 0.15) is 17.2 Å². The predicted octanol–water partition coefficient (Wildman–Crippen LogP) is 4.85. The maximum Gasteiger partial charge on any atom is 0.150 e. The van der Waals surface area contributed by atoms with Gasteiger partial charge in [-0.1, -0.05) is 41.5 Å². The normalized spacial score (nSPS) is 13.0. The summed E-state index contributed by atoms with van der Waals surface area (Å²) in [6, 6.07) is 3.66. The van der Waals surface area contributed by atoms with Gasteiger partial charge < -0.3 is 0 Å². The molecule has 0 atom stereocenters. The van der Waals surface area contributed by atoms with E-state index in [1.165, 1.54) is 12.1 Å². The lowest BCUT2D eigenvalue weighted by molar-refractivity contribution is 0.578. The van der Waals surface area contributed by atoms with Crippen LogP contribution in [-0.4, -0.2) is 19.9 Å². The van der Waals surface area contributed by atoms with Crippen molar-refractivity contribution in [3.8, 4) is 5.69 Å². The van der Waals surface area contributed by atoms with Gasteiger partial charge in [0.15, 0.2) is 0 Å². The smallest absolute Gasteiger partial charge is 0.150 e. The van der Waals surface area contributed by atoms with Crippen molar-refractivity contribution in [2.75, 3.05) is 0 Å². The van der Waals surface area contributed by atoms with Crippen LogP contribution in [0.2, 0.25) is 0 Å². The van der Waals surface area contributed by atoms with Gasteiger partial charge in [-0.25, -0.2) is 13.8 Å². The zero-order chi connectivity index (χ0) is 16.7. The van der Waals surface area contributed by atoms with E-state index in [9.17, 15) is 8.78 Å². The Morgan fingerprint density at radius 1 is 1.00 bits per heavy atom. The third kappa shape index (κ3) is 3.38. The molecule has 1 aromatic carbocycles. The molecule has 5 heteroatoms. The Kier molecular flexibility index (Phi) is 4.45. The van der Waals surface area contributed by atoms with Gasteiger partial charge in [-0.2, -0.15) is 0 Å². The summed E-state index contributed by atoms with van der Waals surface area (Å²) >= 11 is 0. The predicted molar refractivity (Wildman–Crippen MR) is 89.5 cm³/mol. The highest BCUT2D eigenvalue weighted by Crippen LogP contribution is 2.57. The molecule has 0 spiro atoms. The Hall–Kier alpha value is -1.28. The number of aromatic nitrogens is 2. The summed E-state index contributed by atoms with van der Waals surface area (Å²) < 4.78 is 29.1. The lowest BCUT2D eigenvalue weighted by Gasteiger charge is -2.40. The average molecular weight is 324 g/mol. The van der Waals surface area contributed by atoms with Crippen molar-refractivity contribution < 1.29 is 8.78 Å². The van der Waals surface area contributed by atoms with Crippen molar-refractivity contribution in [3.63, 3.8) is 0 Å². The lowest BCUT2D eigenvalue weighted by Crippen LogP contribution is -2.35. The van der Waals surface area contributed by atoms with E-state index >= 15 is 0 Å². The molecule has 0 N–H and O–H groups in total. The average Bonchev–Trinajstić information content (AvgIpc) is 2.73. The minimum atomic E-state index is -0.674. The van der Waals surface area contributed by atoms with Crippen molar-refractivity contribution in [1.29, 1.82) is 0 Å². The highest BCUT2D eigenvalue weighted by Gasteiger charge is 2.38. The van der Waals surface area contributed by atoms with Crippen molar-refractivity contribution in [2.24, 2.45) is 0 Å². The third-order valence-corrected chi connectivity index (χ3v) is 6.75. The van der Waals surface area contributed by atoms with Gasteiger partial charge in [0.2, 0.25) is 0 Å². The Labute approximate surface area is 132 Å². The van der Waals surface area contributed by atoms with Crippen LogP contribution in [0.15, 0.2) is 30.6 Å². The lowest BCUT2D eigenvalue weighted by atomic mass is 10.2. The molecule has 120 valence electrons. The monoisotopic (exact) mass is 324 g/mol. The first-order valence-electron chi connectivity index (χ1n) is 7.31. The Morgan fingerprint density at radius 3 is 2.09 bits per heavy atom. The van der Waals surface area contributed by atoms with Crippen LogP contribution in [-0.2, 0) is 0 Å². The summed E-state index contributed by atoms with van der Waals surface area (Å²) in [4.78, 5) is 4.52. The molecule has 1 aromatic heterocycles. The molecule has 22 heavy (non-hydrogen) atoms. The molecule has 0 unspecified atom stereocenters. The highest BCUT2D eigenvalue weighted by molar-refractivity contribution is 7.68. The van der Waals surface area contributed by atoms with Gasteiger partial charge in [-0.3, -0.25) is 4.57 Å². The molecule has 0 fully saturated rings. The fourth-order valence-electron chi connectivity index (χ4n) is 2.93. The third-order valence-electron chi connectivity index (χ3n) is 3.33. The Balaban J connectivity index is 2.62. The van der Waals surface area contributed by atoms with E-state index in [0.717, 1.165) is 11.6 Å². The van der Waals surface area contributed by atoms with E-state index in [1.807, 2.05) is 0 Å². The van der Waals surface area contributed by atoms with E-state index in [-0.39, 0.29) is 10.3 Å². The van der Waals surface area contributed by atoms with Gasteiger partial charge in [-0.15, -0.1) is 0 Å². The van der Waals surface area contributed by atoms with Crippen molar-refractivity contribution in [2.45, 2.75) is 51.9 Å². The number of nitrogens with zero attached hydrogens (tertiary/aromatic N) is 2. The summed E-state index contributed by atoms with van der Waals surface area (Å²) in [5.41, 5.74) is 1.20. The fourth-order valence-corrected chi connectivity index (χ4v) is 6.72. The molecule has 0 aliphatic rings. The number of halogens is 2. The standard InChI is InChI=1S/C17H23F2N2P/c1-16(2,3)22(17(4,5)6)15-20-9-10-21(15)14-8-7-12(18)11-13(14)19/h7-11H,1-6H3. The van der Waals surface area contributed by atoms with Crippen LogP contribution in [0.3, 0.4) is 0 Å². The SMILES string of the molecule is CC(C)(C)P(c1nccn1-c1ccc(F)cc1F)C(C)(C)C. The zero-order valence-corrected chi connectivity index (χ0v) is 14.9. The van der Waals surface area contributed by atoms with E-state index in [2.05, 4.69) is 46.5 Å². The molecule has 1 heterocycles. The second kappa shape index (κ2) is 5.73. The van der Waals surface area contributed by atoms with Crippen LogP contribution in [0.5, 0.6) is 0 Å². The summed E-state index contributed by atoms with van der Waals surface area (Å²) in [6.07, 6.45) is 3.43. The van der Waals surface area contributed by atoms with E-state index in [1.54, 1.807) is 17.0 Å². The van der Waals surface area contributed by atoms with Gasteiger partial charge in [0.25, 0.3) is 0 Å². The van der Waals surface area contributed by atoms with Crippen LogP contribution in [0.25, 0.3) is 5.69 Å². The quantitative estimate of drug-likeness (QED) is 0.722. The van der Waals surface area contributed by atoms with Gasteiger partial charge in [0.05, 0.1) is 5.69 Å². The molecule has 0 bridgehead atoms. The van der Waals surface area contributed by atoms with Crippen molar-refractivity contribution in [3.05, 3.63) is 42.2 Å². The molecule has 2 nitrogen and oxygen atoms in total. The van der Waals surface area contributed by atoms with Crippen molar-refractivity contribution >= 4 is 13.5 Å². The maximum atomic E-state index is 14.2. The molecule has 0 aliphatic heterocycles. The molecule has 0 radical (unpaired) electrons. The first kappa shape index (κ1) is 17.1. The topological polar surface area (TPSA) is 17.8 Å². The summed E-state index contributed by atoms with van der Waals surface area (Å²) in [7, 11) is -0.674. The molecular weight excluding hydrogens is 301 g/mol.